The van der Waals surface area contributed by atoms with E-state index in [1.54, 1.807) is 48.5 Å². The molecule has 1 heterocycles. The SMILES string of the molecule is O=C(Nc1ccc(NS(=O)(=O)c2ccc(Br)cc2)cc1)c1ccco1. The zero-order valence-electron chi connectivity index (χ0n) is 12.8. The van der Waals surface area contributed by atoms with E-state index in [0.29, 0.717) is 11.4 Å². The number of nitrogens with one attached hydrogen (secondary N) is 2. The van der Waals surface area contributed by atoms with Crippen molar-refractivity contribution in [2.75, 3.05) is 10.0 Å². The number of carbonyl (C=O) groups excluding carboxylic acids is 1. The lowest BCUT2D eigenvalue weighted by Crippen LogP contribution is -2.13. The summed E-state index contributed by atoms with van der Waals surface area (Å²) in [6.45, 7) is 0. The number of furan rings is 1. The third-order valence-electron chi connectivity index (χ3n) is 3.26. The molecule has 0 bridgehead atoms. The van der Waals surface area contributed by atoms with Crippen LogP contribution in [0.2, 0.25) is 0 Å². The molecule has 0 saturated heterocycles. The summed E-state index contributed by atoms with van der Waals surface area (Å²) < 4.78 is 32.9. The van der Waals surface area contributed by atoms with Gasteiger partial charge in [-0.05, 0) is 60.7 Å². The van der Waals surface area contributed by atoms with Gasteiger partial charge in [-0.3, -0.25) is 9.52 Å². The van der Waals surface area contributed by atoms with Crippen LogP contribution in [0.5, 0.6) is 0 Å². The van der Waals surface area contributed by atoms with Crippen molar-refractivity contribution >= 4 is 43.2 Å². The lowest BCUT2D eigenvalue weighted by molar-refractivity contribution is 0.0996. The van der Waals surface area contributed by atoms with Crippen molar-refractivity contribution in [3.63, 3.8) is 0 Å². The van der Waals surface area contributed by atoms with Gasteiger partial charge in [0.1, 0.15) is 0 Å². The minimum absolute atomic E-state index is 0.158. The van der Waals surface area contributed by atoms with Crippen LogP contribution in [-0.2, 0) is 10.0 Å². The van der Waals surface area contributed by atoms with Gasteiger partial charge in [-0.2, -0.15) is 0 Å². The van der Waals surface area contributed by atoms with Crippen LogP contribution < -0.4 is 10.0 Å². The van der Waals surface area contributed by atoms with Crippen molar-refractivity contribution in [3.8, 4) is 0 Å². The molecule has 0 unspecified atom stereocenters. The first kappa shape index (κ1) is 17.2. The fourth-order valence-corrected chi connectivity index (χ4v) is 3.37. The zero-order valence-corrected chi connectivity index (χ0v) is 15.2. The summed E-state index contributed by atoms with van der Waals surface area (Å²) in [4.78, 5) is 12.0. The van der Waals surface area contributed by atoms with E-state index in [4.69, 9.17) is 4.42 Å². The number of hydrogen-bond donors (Lipinski definition) is 2. The quantitative estimate of drug-likeness (QED) is 0.650. The van der Waals surface area contributed by atoms with Gasteiger partial charge in [-0.25, -0.2) is 8.42 Å². The molecule has 0 atom stereocenters. The lowest BCUT2D eigenvalue weighted by atomic mass is 10.3. The Bertz CT molecular complexity index is 967. The summed E-state index contributed by atoms with van der Waals surface area (Å²) in [6, 6.07) is 15.8. The van der Waals surface area contributed by atoms with Crippen LogP contribution in [0.15, 0.2) is 80.7 Å². The third kappa shape index (κ3) is 4.28. The van der Waals surface area contributed by atoms with E-state index < -0.39 is 10.0 Å². The van der Waals surface area contributed by atoms with E-state index in [1.807, 2.05) is 0 Å². The molecule has 128 valence electrons. The van der Waals surface area contributed by atoms with E-state index in [9.17, 15) is 13.2 Å². The van der Waals surface area contributed by atoms with Crippen LogP contribution in [0.4, 0.5) is 11.4 Å². The van der Waals surface area contributed by atoms with Gasteiger partial charge in [0.25, 0.3) is 15.9 Å². The largest absolute Gasteiger partial charge is 0.459 e. The monoisotopic (exact) mass is 420 g/mol. The summed E-state index contributed by atoms with van der Waals surface area (Å²) in [5.74, 6) is -0.187. The number of rotatable bonds is 5. The molecule has 6 nitrogen and oxygen atoms in total. The number of benzene rings is 2. The average Bonchev–Trinajstić information content (AvgIpc) is 3.11. The molecule has 0 aliphatic carbocycles. The van der Waals surface area contributed by atoms with Crippen LogP contribution in [0.1, 0.15) is 10.6 Å². The van der Waals surface area contributed by atoms with Gasteiger partial charge < -0.3 is 9.73 Å². The molecule has 25 heavy (non-hydrogen) atoms. The summed E-state index contributed by atoms with van der Waals surface area (Å²) in [7, 11) is -3.67. The Morgan fingerprint density at radius 3 is 2.16 bits per heavy atom. The number of sulfonamides is 1. The van der Waals surface area contributed by atoms with Crippen molar-refractivity contribution in [2.24, 2.45) is 0 Å². The second kappa shape index (κ2) is 7.12. The molecule has 0 radical (unpaired) electrons. The van der Waals surface area contributed by atoms with Gasteiger partial charge in [-0.1, -0.05) is 15.9 Å². The van der Waals surface area contributed by atoms with Crippen molar-refractivity contribution in [1.29, 1.82) is 0 Å². The minimum atomic E-state index is -3.67. The summed E-state index contributed by atoms with van der Waals surface area (Å²) in [5, 5.41) is 2.66. The highest BCUT2D eigenvalue weighted by molar-refractivity contribution is 9.10. The van der Waals surface area contributed by atoms with Gasteiger partial charge in [-0.15, -0.1) is 0 Å². The maximum Gasteiger partial charge on any atom is 0.291 e. The van der Waals surface area contributed by atoms with Crippen molar-refractivity contribution < 1.29 is 17.6 Å². The standard InChI is InChI=1S/C17H13BrN2O4S/c18-12-3-9-15(10-4-12)25(22,23)20-14-7-5-13(6-8-14)19-17(21)16-2-1-11-24-16/h1-11,20H,(H,19,21). The molecule has 2 N–H and O–H groups in total. The molecule has 3 aromatic rings. The number of hydrogen-bond acceptors (Lipinski definition) is 4. The fourth-order valence-electron chi connectivity index (χ4n) is 2.05. The van der Waals surface area contributed by atoms with Crippen LogP contribution in [0.25, 0.3) is 0 Å². The summed E-state index contributed by atoms with van der Waals surface area (Å²) in [6.07, 6.45) is 1.41. The highest BCUT2D eigenvalue weighted by Crippen LogP contribution is 2.20. The van der Waals surface area contributed by atoms with Crippen LogP contribution in [0, 0.1) is 0 Å². The zero-order chi connectivity index (χ0) is 17.9. The maximum absolute atomic E-state index is 12.3. The Morgan fingerprint density at radius 2 is 1.56 bits per heavy atom. The first-order chi connectivity index (χ1) is 11.9. The van der Waals surface area contributed by atoms with Crippen molar-refractivity contribution in [3.05, 3.63) is 77.2 Å². The van der Waals surface area contributed by atoms with Crippen LogP contribution >= 0.6 is 15.9 Å². The lowest BCUT2D eigenvalue weighted by Gasteiger charge is -2.09. The van der Waals surface area contributed by atoms with E-state index in [0.717, 1.165) is 4.47 Å². The molecule has 8 heteroatoms. The van der Waals surface area contributed by atoms with Gasteiger partial charge >= 0.3 is 0 Å². The van der Waals surface area contributed by atoms with Crippen LogP contribution in [-0.4, -0.2) is 14.3 Å². The molecule has 0 saturated carbocycles. The Hall–Kier alpha value is -2.58. The smallest absolute Gasteiger partial charge is 0.291 e. The van der Waals surface area contributed by atoms with Crippen molar-refractivity contribution in [1.82, 2.24) is 0 Å². The number of anilines is 2. The number of carbonyl (C=O) groups is 1. The predicted molar refractivity (Wildman–Crippen MR) is 98.1 cm³/mol. The van der Waals surface area contributed by atoms with Gasteiger partial charge in [0.15, 0.2) is 5.76 Å². The van der Waals surface area contributed by atoms with Gasteiger partial charge in [0.2, 0.25) is 0 Å². The molecule has 0 aliphatic rings. The molecular weight excluding hydrogens is 408 g/mol. The first-order valence-electron chi connectivity index (χ1n) is 7.17. The van der Waals surface area contributed by atoms with E-state index in [-0.39, 0.29) is 16.6 Å². The second-order valence-corrected chi connectivity index (χ2v) is 7.67. The molecule has 1 amide bonds. The van der Waals surface area contributed by atoms with E-state index in [2.05, 4.69) is 26.0 Å². The number of amides is 1. The van der Waals surface area contributed by atoms with Crippen molar-refractivity contribution in [2.45, 2.75) is 4.90 Å². The summed E-state index contributed by atoms with van der Waals surface area (Å²) >= 11 is 3.26. The minimum Gasteiger partial charge on any atom is -0.459 e. The first-order valence-corrected chi connectivity index (χ1v) is 9.45. The Labute approximate surface area is 153 Å². The topological polar surface area (TPSA) is 88.4 Å². The number of halogens is 1. The fraction of sp³-hybridized carbons (Fsp3) is 0. The predicted octanol–water partition coefficient (Wildman–Crippen LogP) is 4.10. The Morgan fingerprint density at radius 1 is 0.920 bits per heavy atom. The third-order valence-corrected chi connectivity index (χ3v) is 5.19. The highest BCUT2D eigenvalue weighted by Gasteiger charge is 2.14. The average molecular weight is 421 g/mol. The maximum atomic E-state index is 12.3. The van der Waals surface area contributed by atoms with Crippen LogP contribution in [0.3, 0.4) is 0 Å². The normalized spacial score (nSPS) is 11.1. The highest BCUT2D eigenvalue weighted by atomic mass is 79.9. The molecule has 3 rings (SSSR count). The Kier molecular flexibility index (Phi) is 4.91. The second-order valence-electron chi connectivity index (χ2n) is 5.07. The molecule has 0 spiro atoms. The molecule has 2 aromatic carbocycles. The molecular formula is C17H13BrN2O4S. The van der Waals surface area contributed by atoms with Gasteiger partial charge in [0, 0.05) is 15.8 Å². The molecule has 0 fully saturated rings. The van der Waals surface area contributed by atoms with E-state index >= 15 is 0 Å². The summed E-state index contributed by atoms with van der Waals surface area (Å²) in [5.41, 5.74) is 0.909. The molecule has 0 aliphatic heterocycles. The molecule has 1 aromatic heterocycles. The Balaban J connectivity index is 1.70. The van der Waals surface area contributed by atoms with E-state index in [1.165, 1.54) is 18.4 Å². The van der Waals surface area contributed by atoms with Gasteiger partial charge in [0.05, 0.1) is 11.2 Å².